The summed E-state index contributed by atoms with van der Waals surface area (Å²) in [5, 5.41) is 9.42. The quantitative estimate of drug-likeness (QED) is 0.871. The Labute approximate surface area is 120 Å². The van der Waals surface area contributed by atoms with Gasteiger partial charge in [-0.25, -0.2) is 13.6 Å². The number of aromatic carboxylic acids is 1. The highest BCUT2D eigenvalue weighted by Crippen LogP contribution is 2.38. The fraction of sp³-hybridized carbons (Fsp3) is 0.375. The largest absolute Gasteiger partial charge is 0.478 e. The number of aryl methyl sites for hydroxylation is 1. The van der Waals surface area contributed by atoms with E-state index >= 15 is 0 Å². The number of carboxylic acids is 1. The average molecular weight is 291 g/mol. The van der Waals surface area contributed by atoms with Gasteiger partial charge in [0.25, 0.3) is 0 Å². The monoisotopic (exact) mass is 291 g/mol. The second-order valence-electron chi connectivity index (χ2n) is 6.34. The van der Waals surface area contributed by atoms with Gasteiger partial charge < -0.3 is 5.11 Å². The lowest BCUT2D eigenvalue weighted by Gasteiger charge is -2.32. The zero-order valence-corrected chi connectivity index (χ0v) is 11.8. The maximum atomic E-state index is 14.1. The predicted octanol–water partition coefficient (Wildman–Crippen LogP) is 3.73. The van der Waals surface area contributed by atoms with Crippen molar-refractivity contribution in [3.05, 3.63) is 40.6 Å². The molecule has 0 unspecified atom stereocenters. The van der Waals surface area contributed by atoms with Gasteiger partial charge in [0.05, 0.1) is 16.5 Å². The number of halogens is 2. The molecule has 0 saturated carbocycles. The zero-order valence-electron chi connectivity index (χ0n) is 11.8. The Bertz CT molecular complexity index is 769. The van der Waals surface area contributed by atoms with E-state index in [0.29, 0.717) is 30.2 Å². The summed E-state index contributed by atoms with van der Waals surface area (Å²) < 4.78 is 27.4. The lowest BCUT2D eigenvalue weighted by molar-refractivity contribution is 0.0696. The van der Waals surface area contributed by atoms with Crippen molar-refractivity contribution in [1.82, 2.24) is 4.98 Å². The van der Waals surface area contributed by atoms with Gasteiger partial charge >= 0.3 is 5.97 Å². The third-order valence-corrected chi connectivity index (χ3v) is 4.10. The standard InChI is InChI=1S/C16H15F2NO2/c1-16(2)4-3-11-9(7-16)13(15(20)21)14-10(18)5-8(17)6-12(14)19-11/h5-6H,3-4,7H2,1-2H3,(H,20,21). The van der Waals surface area contributed by atoms with Crippen molar-refractivity contribution in [1.29, 1.82) is 0 Å². The van der Waals surface area contributed by atoms with Crippen LogP contribution in [-0.2, 0) is 12.8 Å². The van der Waals surface area contributed by atoms with E-state index in [1.807, 2.05) is 13.8 Å². The number of hydrogen-bond donors (Lipinski definition) is 1. The first-order chi connectivity index (χ1) is 9.78. The highest BCUT2D eigenvalue weighted by atomic mass is 19.1. The maximum absolute atomic E-state index is 14.1. The molecule has 0 bridgehead atoms. The molecule has 0 saturated heterocycles. The number of aromatic nitrogens is 1. The van der Waals surface area contributed by atoms with Crippen LogP contribution in [0.5, 0.6) is 0 Å². The van der Waals surface area contributed by atoms with E-state index in [0.717, 1.165) is 12.5 Å². The molecule has 2 aromatic rings. The molecule has 1 aromatic heterocycles. The van der Waals surface area contributed by atoms with Gasteiger partial charge in [0.1, 0.15) is 11.6 Å². The fourth-order valence-corrected chi connectivity index (χ4v) is 3.06. The van der Waals surface area contributed by atoms with Crippen molar-refractivity contribution >= 4 is 16.9 Å². The highest BCUT2D eigenvalue weighted by Gasteiger charge is 2.31. The highest BCUT2D eigenvalue weighted by molar-refractivity contribution is 6.04. The number of benzene rings is 1. The van der Waals surface area contributed by atoms with Crippen LogP contribution in [-0.4, -0.2) is 16.1 Å². The van der Waals surface area contributed by atoms with Gasteiger partial charge in [0, 0.05) is 17.8 Å². The number of rotatable bonds is 1. The number of fused-ring (bicyclic) bond motifs is 2. The van der Waals surface area contributed by atoms with Gasteiger partial charge in [-0.3, -0.25) is 4.98 Å². The van der Waals surface area contributed by atoms with Crippen molar-refractivity contribution in [2.75, 3.05) is 0 Å². The van der Waals surface area contributed by atoms with Crippen LogP contribution in [0.25, 0.3) is 10.9 Å². The average Bonchev–Trinajstić information content (AvgIpc) is 2.35. The first-order valence-corrected chi connectivity index (χ1v) is 6.82. The van der Waals surface area contributed by atoms with Crippen molar-refractivity contribution in [3.8, 4) is 0 Å². The lowest BCUT2D eigenvalue weighted by atomic mass is 9.74. The molecule has 1 aliphatic carbocycles. The van der Waals surface area contributed by atoms with Crippen molar-refractivity contribution in [3.63, 3.8) is 0 Å². The van der Waals surface area contributed by atoms with Gasteiger partial charge in [-0.15, -0.1) is 0 Å². The number of pyridine rings is 1. The van der Waals surface area contributed by atoms with Crippen LogP contribution in [0.15, 0.2) is 12.1 Å². The molecule has 21 heavy (non-hydrogen) atoms. The van der Waals surface area contributed by atoms with E-state index in [-0.39, 0.29) is 21.9 Å². The SMILES string of the molecule is CC1(C)CCc2nc3cc(F)cc(F)c3c(C(=O)O)c2C1. The summed E-state index contributed by atoms with van der Waals surface area (Å²) in [6.45, 7) is 4.10. The van der Waals surface area contributed by atoms with Crippen LogP contribution in [0.1, 0.15) is 41.9 Å². The molecule has 0 radical (unpaired) electrons. The molecule has 1 N–H and O–H groups in total. The topological polar surface area (TPSA) is 50.2 Å². The molecular formula is C16H15F2NO2. The first-order valence-electron chi connectivity index (χ1n) is 6.82. The minimum Gasteiger partial charge on any atom is -0.478 e. The molecular weight excluding hydrogens is 276 g/mol. The van der Waals surface area contributed by atoms with Gasteiger partial charge in [0.2, 0.25) is 0 Å². The molecule has 0 spiro atoms. The maximum Gasteiger partial charge on any atom is 0.336 e. The second kappa shape index (κ2) is 4.48. The smallest absolute Gasteiger partial charge is 0.336 e. The number of carbonyl (C=O) groups is 1. The molecule has 110 valence electrons. The Morgan fingerprint density at radius 1 is 1.33 bits per heavy atom. The molecule has 3 rings (SSSR count). The summed E-state index contributed by atoms with van der Waals surface area (Å²) >= 11 is 0. The minimum atomic E-state index is -1.19. The molecule has 0 atom stereocenters. The van der Waals surface area contributed by atoms with Crippen LogP contribution >= 0.6 is 0 Å². The third kappa shape index (κ3) is 2.26. The fourth-order valence-electron chi connectivity index (χ4n) is 3.06. The van der Waals surface area contributed by atoms with E-state index in [1.54, 1.807) is 0 Å². The molecule has 1 heterocycles. The molecule has 1 aliphatic rings. The molecule has 3 nitrogen and oxygen atoms in total. The third-order valence-electron chi connectivity index (χ3n) is 4.10. The van der Waals surface area contributed by atoms with Crippen LogP contribution in [0, 0.1) is 17.0 Å². The Morgan fingerprint density at radius 3 is 2.71 bits per heavy atom. The zero-order chi connectivity index (χ0) is 15.4. The Hall–Kier alpha value is -2.04. The summed E-state index contributed by atoms with van der Waals surface area (Å²) in [6.07, 6.45) is 2.02. The molecule has 0 aliphatic heterocycles. The van der Waals surface area contributed by atoms with Crippen LogP contribution in [0.4, 0.5) is 8.78 Å². The summed E-state index contributed by atoms with van der Waals surface area (Å²) in [7, 11) is 0. The normalized spacial score (nSPS) is 16.8. The van der Waals surface area contributed by atoms with Crippen molar-refractivity contribution < 1.29 is 18.7 Å². The molecule has 5 heteroatoms. The van der Waals surface area contributed by atoms with E-state index in [9.17, 15) is 18.7 Å². The van der Waals surface area contributed by atoms with Crippen molar-refractivity contribution in [2.24, 2.45) is 5.41 Å². The molecule has 0 fully saturated rings. The summed E-state index contributed by atoms with van der Waals surface area (Å²) in [5.41, 5.74) is 1.17. The van der Waals surface area contributed by atoms with Crippen LogP contribution < -0.4 is 0 Å². The summed E-state index contributed by atoms with van der Waals surface area (Å²) in [4.78, 5) is 15.9. The lowest BCUT2D eigenvalue weighted by Crippen LogP contribution is -2.25. The van der Waals surface area contributed by atoms with Crippen LogP contribution in [0.2, 0.25) is 0 Å². The summed E-state index contributed by atoms with van der Waals surface area (Å²) in [5.74, 6) is -2.82. The van der Waals surface area contributed by atoms with Gasteiger partial charge in [0.15, 0.2) is 0 Å². The molecule has 0 amide bonds. The van der Waals surface area contributed by atoms with Gasteiger partial charge in [-0.2, -0.15) is 0 Å². The Kier molecular flexibility index (Phi) is 2.97. The van der Waals surface area contributed by atoms with Gasteiger partial charge in [-0.05, 0) is 30.2 Å². The predicted molar refractivity (Wildman–Crippen MR) is 74.4 cm³/mol. The second-order valence-corrected chi connectivity index (χ2v) is 6.34. The van der Waals surface area contributed by atoms with E-state index in [1.165, 1.54) is 0 Å². The number of carboxylic acid groups (broad SMARTS) is 1. The van der Waals surface area contributed by atoms with Gasteiger partial charge in [-0.1, -0.05) is 13.8 Å². The van der Waals surface area contributed by atoms with Crippen molar-refractivity contribution in [2.45, 2.75) is 33.1 Å². The van der Waals surface area contributed by atoms with E-state index in [2.05, 4.69) is 4.98 Å². The number of hydrogen-bond acceptors (Lipinski definition) is 2. The Balaban J connectivity index is 2.41. The molecule has 1 aromatic carbocycles. The number of nitrogens with zero attached hydrogens (tertiary/aromatic N) is 1. The van der Waals surface area contributed by atoms with E-state index < -0.39 is 17.6 Å². The Morgan fingerprint density at radius 2 is 2.05 bits per heavy atom. The summed E-state index contributed by atoms with van der Waals surface area (Å²) in [6, 6.07) is 1.79. The minimum absolute atomic E-state index is 0.0525. The first kappa shape index (κ1) is 13.9. The van der Waals surface area contributed by atoms with Crippen LogP contribution in [0.3, 0.4) is 0 Å². The van der Waals surface area contributed by atoms with E-state index in [4.69, 9.17) is 0 Å².